The monoisotopic (exact) mass is 342 g/mol. The summed E-state index contributed by atoms with van der Waals surface area (Å²) in [5.41, 5.74) is 2.30. The Balaban J connectivity index is 1.65. The van der Waals surface area contributed by atoms with Crippen LogP contribution in [0.5, 0.6) is 0 Å². The molecule has 0 fully saturated rings. The van der Waals surface area contributed by atoms with Crippen LogP contribution in [0.4, 0.5) is 10.1 Å². The third-order valence-corrected chi connectivity index (χ3v) is 4.44. The molecule has 122 valence electrons. The van der Waals surface area contributed by atoms with Gasteiger partial charge < -0.3 is 4.90 Å². The molecule has 0 atom stereocenters. The van der Waals surface area contributed by atoms with Gasteiger partial charge in [0.25, 0.3) is 5.91 Å². The zero-order valence-corrected chi connectivity index (χ0v) is 13.8. The number of hydrogen-bond donors (Lipinski definition) is 1. The van der Waals surface area contributed by atoms with Crippen molar-refractivity contribution in [2.75, 3.05) is 11.9 Å². The summed E-state index contributed by atoms with van der Waals surface area (Å²) in [6.45, 7) is 0. The minimum absolute atomic E-state index is 0.143. The van der Waals surface area contributed by atoms with Gasteiger partial charge in [-0.1, -0.05) is 23.9 Å². The first-order chi connectivity index (χ1) is 11.6. The maximum atomic E-state index is 13.0. The summed E-state index contributed by atoms with van der Waals surface area (Å²) in [6.07, 6.45) is 1.47. The molecule has 0 unspecified atom stereocenters. The Kier molecular flexibility index (Phi) is 4.90. The smallest absolute Gasteiger partial charge is 0.258 e. The number of amides is 1. The van der Waals surface area contributed by atoms with Gasteiger partial charge in [-0.2, -0.15) is 5.10 Å². The number of nitrogens with one attached hydrogen (secondary N) is 1. The highest BCUT2D eigenvalue weighted by molar-refractivity contribution is 7.98. The molecule has 0 aliphatic rings. The Labute approximate surface area is 142 Å². The predicted octanol–water partition coefficient (Wildman–Crippen LogP) is 3.51. The van der Waals surface area contributed by atoms with Crippen LogP contribution in [0.15, 0.2) is 60.0 Å². The van der Waals surface area contributed by atoms with E-state index in [4.69, 9.17) is 0 Å². The molecule has 5 nitrogen and oxygen atoms in total. The molecule has 24 heavy (non-hydrogen) atoms. The quantitative estimate of drug-likeness (QED) is 0.721. The number of anilines is 1. The van der Waals surface area contributed by atoms with Crippen molar-refractivity contribution in [3.05, 3.63) is 71.8 Å². The van der Waals surface area contributed by atoms with Crippen molar-refractivity contribution in [1.29, 1.82) is 0 Å². The number of benzene rings is 2. The molecule has 0 saturated carbocycles. The number of H-pyrrole nitrogens is 1. The standard InChI is InChI=1S/C17H15FN4OS/c1-22(15-8-6-14(18)7-9-15)16(23)13-4-2-12(3-5-13)10-24-17-19-11-20-21-17/h2-9,11H,10H2,1H3,(H,19,20,21). The van der Waals surface area contributed by atoms with Crippen molar-refractivity contribution in [2.24, 2.45) is 0 Å². The van der Waals surface area contributed by atoms with E-state index in [1.165, 1.54) is 35.1 Å². The summed E-state index contributed by atoms with van der Waals surface area (Å²) in [5.74, 6) is 0.265. The van der Waals surface area contributed by atoms with Gasteiger partial charge in [-0.05, 0) is 42.0 Å². The molecule has 7 heteroatoms. The Hall–Kier alpha value is -2.67. The van der Waals surface area contributed by atoms with Crippen molar-refractivity contribution in [1.82, 2.24) is 15.2 Å². The van der Waals surface area contributed by atoms with Gasteiger partial charge in [0.1, 0.15) is 12.1 Å². The average molecular weight is 342 g/mol. The molecule has 1 N–H and O–H groups in total. The molecule has 0 bridgehead atoms. The van der Waals surface area contributed by atoms with E-state index < -0.39 is 0 Å². The summed E-state index contributed by atoms with van der Waals surface area (Å²) < 4.78 is 13.0. The van der Waals surface area contributed by atoms with Crippen molar-refractivity contribution in [2.45, 2.75) is 10.9 Å². The summed E-state index contributed by atoms with van der Waals surface area (Å²) in [7, 11) is 1.67. The van der Waals surface area contributed by atoms with E-state index in [2.05, 4.69) is 15.2 Å². The third kappa shape index (κ3) is 3.80. The molecule has 0 aliphatic carbocycles. The number of hydrogen-bond acceptors (Lipinski definition) is 4. The van der Waals surface area contributed by atoms with Gasteiger partial charge in [-0.15, -0.1) is 0 Å². The van der Waals surface area contributed by atoms with Gasteiger partial charge in [-0.25, -0.2) is 9.37 Å². The highest BCUT2D eigenvalue weighted by atomic mass is 32.2. The molecule has 0 radical (unpaired) electrons. The number of thioether (sulfide) groups is 1. The van der Waals surface area contributed by atoms with E-state index in [-0.39, 0.29) is 11.7 Å². The summed E-state index contributed by atoms with van der Waals surface area (Å²) in [5, 5.41) is 7.34. The normalized spacial score (nSPS) is 10.6. The molecule has 1 heterocycles. The first kappa shape index (κ1) is 16.2. The minimum Gasteiger partial charge on any atom is -0.311 e. The maximum Gasteiger partial charge on any atom is 0.258 e. The first-order valence-corrected chi connectivity index (χ1v) is 8.23. The molecule has 3 aromatic rings. The number of rotatable bonds is 5. The van der Waals surface area contributed by atoms with Crippen molar-refractivity contribution in [3.8, 4) is 0 Å². The molecule has 0 spiro atoms. The molecule has 3 rings (SSSR count). The van der Waals surface area contributed by atoms with E-state index in [9.17, 15) is 9.18 Å². The van der Waals surface area contributed by atoms with Crippen LogP contribution >= 0.6 is 11.8 Å². The van der Waals surface area contributed by atoms with Crippen molar-refractivity contribution in [3.63, 3.8) is 0 Å². The van der Waals surface area contributed by atoms with Crippen LogP contribution < -0.4 is 4.90 Å². The van der Waals surface area contributed by atoms with Gasteiger partial charge >= 0.3 is 0 Å². The topological polar surface area (TPSA) is 61.9 Å². The van der Waals surface area contributed by atoms with Crippen LogP contribution in [0.1, 0.15) is 15.9 Å². The van der Waals surface area contributed by atoms with E-state index >= 15 is 0 Å². The molecule has 1 aromatic heterocycles. The highest BCUT2D eigenvalue weighted by Crippen LogP contribution is 2.20. The van der Waals surface area contributed by atoms with Gasteiger partial charge in [0, 0.05) is 24.1 Å². The average Bonchev–Trinajstić information content (AvgIpc) is 3.13. The lowest BCUT2D eigenvalue weighted by atomic mass is 10.1. The van der Waals surface area contributed by atoms with Crippen molar-refractivity contribution < 1.29 is 9.18 Å². The van der Waals surface area contributed by atoms with Crippen LogP contribution in [0.25, 0.3) is 0 Å². The Morgan fingerprint density at radius 1 is 1.17 bits per heavy atom. The highest BCUT2D eigenvalue weighted by Gasteiger charge is 2.13. The molecule has 0 saturated heterocycles. The fourth-order valence-corrected chi connectivity index (χ4v) is 2.87. The lowest BCUT2D eigenvalue weighted by molar-refractivity contribution is 0.0993. The second-order valence-corrected chi connectivity index (χ2v) is 6.08. The van der Waals surface area contributed by atoms with E-state index in [0.29, 0.717) is 11.3 Å². The summed E-state index contributed by atoms with van der Waals surface area (Å²) in [4.78, 5) is 18.0. The van der Waals surface area contributed by atoms with Gasteiger partial charge in [-0.3, -0.25) is 9.89 Å². The van der Waals surface area contributed by atoms with Gasteiger partial charge in [0.15, 0.2) is 5.16 Å². The number of carbonyl (C=O) groups excluding carboxylic acids is 1. The largest absolute Gasteiger partial charge is 0.311 e. The lowest BCUT2D eigenvalue weighted by Crippen LogP contribution is -2.26. The molecular formula is C17H15FN4OS. The number of aromatic nitrogens is 3. The molecule has 0 aliphatic heterocycles. The minimum atomic E-state index is -0.326. The first-order valence-electron chi connectivity index (χ1n) is 7.24. The zero-order valence-electron chi connectivity index (χ0n) is 12.9. The van der Waals surface area contributed by atoms with Crippen LogP contribution in [0.3, 0.4) is 0 Å². The van der Waals surface area contributed by atoms with Crippen LogP contribution in [0, 0.1) is 5.82 Å². The summed E-state index contributed by atoms with van der Waals surface area (Å²) in [6, 6.07) is 13.2. The SMILES string of the molecule is CN(C(=O)c1ccc(CSc2ncn[nH]2)cc1)c1ccc(F)cc1. The molecular weight excluding hydrogens is 327 g/mol. The van der Waals surface area contributed by atoms with Crippen LogP contribution in [-0.4, -0.2) is 28.1 Å². The second-order valence-electron chi connectivity index (χ2n) is 5.12. The molecule has 2 aromatic carbocycles. The molecule has 1 amide bonds. The Bertz CT molecular complexity index is 804. The number of aromatic amines is 1. The fraction of sp³-hybridized carbons (Fsp3) is 0.118. The predicted molar refractivity (Wildman–Crippen MR) is 91.5 cm³/mol. The van der Waals surface area contributed by atoms with Gasteiger partial charge in [0.2, 0.25) is 0 Å². The second kappa shape index (κ2) is 7.27. The van der Waals surface area contributed by atoms with E-state index in [0.717, 1.165) is 16.5 Å². The fourth-order valence-electron chi connectivity index (χ4n) is 2.13. The maximum absolute atomic E-state index is 13.0. The third-order valence-electron chi connectivity index (χ3n) is 3.49. The van der Waals surface area contributed by atoms with Crippen LogP contribution in [-0.2, 0) is 5.75 Å². The number of nitrogens with zero attached hydrogens (tertiary/aromatic N) is 3. The Morgan fingerprint density at radius 3 is 2.50 bits per heavy atom. The van der Waals surface area contributed by atoms with E-state index in [1.807, 2.05) is 12.1 Å². The van der Waals surface area contributed by atoms with E-state index in [1.54, 1.807) is 31.3 Å². The van der Waals surface area contributed by atoms with Gasteiger partial charge in [0.05, 0.1) is 0 Å². The Morgan fingerprint density at radius 2 is 1.88 bits per heavy atom. The number of halogens is 1. The number of carbonyl (C=O) groups is 1. The lowest BCUT2D eigenvalue weighted by Gasteiger charge is -2.17. The zero-order chi connectivity index (χ0) is 16.9. The van der Waals surface area contributed by atoms with Crippen LogP contribution in [0.2, 0.25) is 0 Å². The van der Waals surface area contributed by atoms with Crippen molar-refractivity contribution >= 4 is 23.4 Å². The summed E-state index contributed by atoms with van der Waals surface area (Å²) >= 11 is 1.54.